The molecule has 3 N–H and O–H groups in total. The highest BCUT2D eigenvalue weighted by Crippen LogP contribution is 2.34. The fourth-order valence-electron chi connectivity index (χ4n) is 2.52. The number of nitrogen functional groups attached to an aromatic ring is 1. The molecule has 0 fully saturated rings. The van der Waals surface area contributed by atoms with E-state index < -0.39 is 11.6 Å². The van der Waals surface area contributed by atoms with Crippen LogP contribution in [0.5, 0.6) is 0 Å². The second-order valence-corrected chi connectivity index (χ2v) is 7.11. The fourth-order valence-corrected chi connectivity index (χ4v) is 4.01. The Morgan fingerprint density at radius 1 is 1.12 bits per heavy atom. The molecule has 0 bridgehead atoms. The summed E-state index contributed by atoms with van der Waals surface area (Å²) < 4.78 is 32.3. The van der Waals surface area contributed by atoms with Crippen LogP contribution in [0.3, 0.4) is 0 Å². The molecule has 0 atom stereocenters. The van der Waals surface area contributed by atoms with Gasteiger partial charge in [-0.15, -0.1) is 0 Å². The molecule has 2 aromatic heterocycles. The summed E-state index contributed by atoms with van der Waals surface area (Å²) >= 11 is 2.82. The molecule has 26 heavy (non-hydrogen) atoms. The van der Waals surface area contributed by atoms with Crippen molar-refractivity contribution in [1.29, 1.82) is 0 Å². The van der Waals surface area contributed by atoms with Crippen LogP contribution in [-0.4, -0.2) is 9.97 Å². The van der Waals surface area contributed by atoms with Crippen molar-refractivity contribution in [2.24, 2.45) is 0 Å². The van der Waals surface area contributed by atoms with E-state index in [2.05, 4.69) is 14.7 Å². The number of anilines is 2. The van der Waals surface area contributed by atoms with Gasteiger partial charge in [-0.3, -0.25) is 0 Å². The second kappa shape index (κ2) is 6.89. The smallest absolute Gasteiger partial charge is 0.220 e. The summed E-state index contributed by atoms with van der Waals surface area (Å²) in [7, 11) is 0. The first-order chi connectivity index (χ1) is 12.6. The number of halogens is 2. The van der Waals surface area contributed by atoms with Crippen LogP contribution >= 0.6 is 23.3 Å². The molecule has 0 saturated heterocycles. The number of nitrogens with two attached hydrogens (primary N) is 1. The van der Waals surface area contributed by atoms with E-state index in [0.717, 1.165) is 4.90 Å². The SMILES string of the molecule is Nc1ncc2cc(-c3c(F)ccc(NSc4ccsc4)c3F)ccc2n1. The van der Waals surface area contributed by atoms with Gasteiger partial charge in [0.15, 0.2) is 5.82 Å². The molecular weight excluding hydrogens is 374 g/mol. The molecule has 8 heteroatoms. The van der Waals surface area contributed by atoms with E-state index in [4.69, 9.17) is 5.73 Å². The average Bonchev–Trinajstić information content (AvgIpc) is 3.15. The molecule has 4 aromatic rings. The van der Waals surface area contributed by atoms with Crippen molar-refractivity contribution in [2.75, 3.05) is 10.5 Å². The first-order valence-electron chi connectivity index (χ1n) is 7.57. The Hall–Kier alpha value is -2.71. The molecule has 4 rings (SSSR count). The third kappa shape index (κ3) is 3.21. The lowest BCUT2D eigenvalue weighted by molar-refractivity contribution is 0.592. The van der Waals surface area contributed by atoms with Crippen molar-refractivity contribution in [2.45, 2.75) is 4.90 Å². The van der Waals surface area contributed by atoms with Crippen LogP contribution in [0.25, 0.3) is 22.0 Å². The number of hydrogen-bond donors (Lipinski definition) is 2. The summed E-state index contributed by atoms with van der Waals surface area (Å²) in [5.41, 5.74) is 6.70. The van der Waals surface area contributed by atoms with Gasteiger partial charge in [0, 0.05) is 21.9 Å². The third-order valence-electron chi connectivity index (χ3n) is 3.75. The van der Waals surface area contributed by atoms with Gasteiger partial charge in [0.25, 0.3) is 0 Å². The van der Waals surface area contributed by atoms with E-state index in [1.54, 1.807) is 29.5 Å². The van der Waals surface area contributed by atoms with Gasteiger partial charge in [-0.1, -0.05) is 6.07 Å². The van der Waals surface area contributed by atoms with Crippen LogP contribution in [0, 0.1) is 11.6 Å². The zero-order chi connectivity index (χ0) is 18.1. The summed E-state index contributed by atoms with van der Waals surface area (Å²) in [5.74, 6) is -1.13. The van der Waals surface area contributed by atoms with Gasteiger partial charge >= 0.3 is 0 Å². The van der Waals surface area contributed by atoms with Crippen molar-refractivity contribution in [3.63, 3.8) is 0 Å². The van der Waals surface area contributed by atoms with Crippen LogP contribution < -0.4 is 10.5 Å². The predicted octanol–water partition coefficient (Wildman–Crippen LogP) is 5.34. The van der Waals surface area contributed by atoms with E-state index in [9.17, 15) is 8.78 Å². The number of benzene rings is 2. The van der Waals surface area contributed by atoms with Crippen LogP contribution in [-0.2, 0) is 0 Å². The molecule has 2 heterocycles. The molecule has 0 aliphatic rings. The highest BCUT2D eigenvalue weighted by Gasteiger charge is 2.16. The van der Waals surface area contributed by atoms with Crippen LogP contribution in [0.2, 0.25) is 0 Å². The molecule has 0 radical (unpaired) electrons. The number of aromatic nitrogens is 2. The van der Waals surface area contributed by atoms with E-state index in [-0.39, 0.29) is 17.2 Å². The van der Waals surface area contributed by atoms with Crippen LogP contribution in [0.4, 0.5) is 20.4 Å². The summed E-state index contributed by atoms with van der Waals surface area (Å²) in [6.45, 7) is 0. The summed E-state index contributed by atoms with van der Waals surface area (Å²) in [6.07, 6.45) is 1.53. The number of nitrogens with zero attached hydrogens (tertiary/aromatic N) is 2. The Bertz CT molecular complexity index is 1080. The van der Waals surface area contributed by atoms with E-state index in [0.29, 0.717) is 16.5 Å². The number of rotatable bonds is 4. The molecule has 130 valence electrons. The average molecular weight is 386 g/mol. The van der Waals surface area contributed by atoms with Crippen molar-refractivity contribution in [3.05, 3.63) is 65.0 Å². The zero-order valence-corrected chi connectivity index (χ0v) is 14.9. The van der Waals surface area contributed by atoms with Gasteiger partial charge in [-0.05, 0) is 53.2 Å². The minimum Gasteiger partial charge on any atom is -0.368 e. The minimum atomic E-state index is -0.650. The molecular formula is C18H12F2N4S2. The van der Waals surface area contributed by atoms with Crippen molar-refractivity contribution >= 4 is 45.8 Å². The van der Waals surface area contributed by atoms with E-state index >= 15 is 0 Å². The van der Waals surface area contributed by atoms with Gasteiger partial charge in [0.1, 0.15) is 5.82 Å². The van der Waals surface area contributed by atoms with E-state index in [1.807, 2.05) is 16.8 Å². The first kappa shape index (κ1) is 16.7. The number of thiophene rings is 1. The Morgan fingerprint density at radius 3 is 2.81 bits per heavy atom. The second-order valence-electron chi connectivity index (χ2n) is 5.45. The van der Waals surface area contributed by atoms with Gasteiger partial charge in [0.2, 0.25) is 5.95 Å². The number of nitrogens with one attached hydrogen (secondary N) is 1. The molecule has 0 unspecified atom stereocenters. The Morgan fingerprint density at radius 2 is 2.00 bits per heavy atom. The lowest BCUT2D eigenvalue weighted by Gasteiger charge is -2.11. The van der Waals surface area contributed by atoms with Crippen molar-refractivity contribution in [1.82, 2.24) is 9.97 Å². The van der Waals surface area contributed by atoms with Crippen LogP contribution in [0.15, 0.2) is 58.3 Å². The maximum atomic E-state index is 14.9. The number of fused-ring (bicyclic) bond motifs is 1. The molecule has 0 saturated carbocycles. The highest BCUT2D eigenvalue weighted by atomic mass is 32.2. The topological polar surface area (TPSA) is 63.8 Å². The Balaban J connectivity index is 1.73. The third-order valence-corrected chi connectivity index (χ3v) is 5.40. The van der Waals surface area contributed by atoms with Gasteiger partial charge < -0.3 is 10.5 Å². The number of hydrogen-bond acceptors (Lipinski definition) is 6. The molecule has 0 aliphatic carbocycles. The Labute approximate surface area is 156 Å². The zero-order valence-electron chi connectivity index (χ0n) is 13.2. The standard InChI is InChI=1S/C18H12F2N4S2/c19-13-2-4-15(24-26-12-5-6-25-9-12)17(20)16(13)10-1-3-14-11(7-10)8-22-18(21)23-14/h1-9,24H,(H2,21,22,23). The van der Waals surface area contributed by atoms with Crippen LogP contribution in [0.1, 0.15) is 0 Å². The molecule has 2 aromatic carbocycles. The summed E-state index contributed by atoms with van der Waals surface area (Å²) in [5, 5.41) is 4.52. The first-order valence-corrected chi connectivity index (χ1v) is 9.33. The maximum absolute atomic E-state index is 14.9. The van der Waals surface area contributed by atoms with Crippen molar-refractivity contribution in [3.8, 4) is 11.1 Å². The molecule has 4 nitrogen and oxygen atoms in total. The van der Waals surface area contributed by atoms with Gasteiger partial charge in [0.05, 0.1) is 16.8 Å². The monoisotopic (exact) mass is 386 g/mol. The molecule has 0 spiro atoms. The predicted molar refractivity (Wildman–Crippen MR) is 103 cm³/mol. The molecule has 0 aliphatic heterocycles. The lowest BCUT2D eigenvalue weighted by Crippen LogP contribution is -1.97. The normalized spacial score (nSPS) is 11.0. The van der Waals surface area contributed by atoms with E-state index in [1.165, 1.54) is 30.3 Å². The maximum Gasteiger partial charge on any atom is 0.220 e. The van der Waals surface area contributed by atoms with Gasteiger partial charge in [-0.2, -0.15) is 11.3 Å². The summed E-state index contributed by atoms with van der Waals surface area (Å²) in [6, 6.07) is 9.48. The quantitative estimate of drug-likeness (QED) is 0.464. The minimum absolute atomic E-state index is 0.0976. The van der Waals surface area contributed by atoms with Crippen molar-refractivity contribution < 1.29 is 8.78 Å². The highest BCUT2D eigenvalue weighted by molar-refractivity contribution is 8.00. The molecule has 0 amide bonds. The Kier molecular flexibility index (Phi) is 4.44. The fraction of sp³-hybridized carbons (Fsp3) is 0. The van der Waals surface area contributed by atoms with Gasteiger partial charge in [-0.25, -0.2) is 18.7 Å². The summed E-state index contributed by atoms with van der Waals surface area (Å²) in [4.78, 5) is 8.98. The largest absolute Gasteiger partial charge is 0.368 e. The lowest BCUT2D eigenvalue weighted by atomic mass is 10.0.